The maximum absolute atomic E-state index is 13.3. The quantitative estimate of drug-likeness (QED) is 0.586. The number of fused-ring (bicyclic) bond motifs is 1. The first kappa shape index (κ1) is 24.5. The van der Waals surface area contributed by atoms with E-state index >= 15 is 0 Å². The predicted octanol–water partition coefficient (Wildman–Crippen LogP) is 2.32. The molecule has 2 fully saturated rings. The van der Waals surface area contributed by atoms with Crippen molar-refractivity contribution in [1.29, 1.82) is 5.26 Å². The number of methoxy groups -OCH3 is 1. The standard InChI is InChI=1S/C25H27N7O5/c1-36-19-4-6-30(14-19)21-10-22(27-12-18(21)11-26)29-24(34)32-5-2-3-16-9-17(20(15-33)28-23(16)32)13-31-7-8-37-25(31)35/h9-10,12,15,19H,2-8,13-14H2,1H3,(H,27,29,34). The molecule has 2 aromatic rings. The molecule has 2 saturated heterocycles. The lowest BCUT2D eigenvalue weighted by Crippen LogP contribution is -2.40. The van der Waals surface area contributed by atoms with Crippen molar-refractivity contribution in [3.63, 3.8) is 0 Å². The topological polar surface area (TPSA) is 141 Å². The van der Waals surface area contributed by atoms with Crippen LogP contribution in [0.4, 0.5) is 26.9 Å². The Hall–Kier alpha value is -4.24. The van der Waals surface area contributed by atoms with Crippen molar-refractivity contribution < 1.29 is 23.9 Å². The zero-order valence-corrected chi connectivity index (χ0v) is 20.5. The van der Waals surface area contributed by atoms with Gasteiger partial charge in [-0.25, -0.2) is 19.6 Å². The summed E-state index contributed by atoms with van der Waals surface area (Å²) in [5.74, 6) is 0.724. The molecule has 37 heavy (non-hydrogen) atoms. The molecule has 0 aromatic carbocycles. The third-order valence-corrected chi connectivity index (χ3v) is 6.89. The first-order valence-electron chi connectivity index (χ1n) is 12.2. The summed E-state index contributed by atoms with van der Waals surface area (Å²) in [7, 11) is 1.67. The van der Waals surface area contributed by atoms with E-state index in [1.165, 1.54) is 16.0 Å². The van der Waals surface area contributed by atoms with Crippen LogP contribution in [-0.4, -0.2) is 79.3 Å². The molecule has 3 aliphatic rings. The summed E-state index contributed by atoms with van der Waals surface area (Å²) in [4.78, 5) is 50.8. The van der Waals surface area contributed by atoms with Gasteiger partial charge in [0.15, 0.2) is 6.29 Å². The van der Waals surface area contributed by atoms with Crippen LogP contribution in [0.1, 0.15) is 40.0 Å². The molecule has 12 heteroatoms. The number of hydrogen-bond donors (Lipinski definition) is 1. The number of aryl methyl sites for hydroxylation is 1. The van der Waals surface area contributed by atoms with Crippen molar-refractivity contribution in [3.05, 3.63) is 40.7 Å². The van der Waals surface area contributed by atoms with Gasteiger partial charge in [0.1, 0.15) is 30.0 Å². The van der Waals surface area contributed by atoms with Gasteiger partial charge in [-0.05, 0) is 30.9 Å². The number of rotatable bonds is 6. The highest BCUT2D eigenvalue weighted by molar-refractivity contribution is 6.02. The van der Waals surface area contributed by atoms with Crippen LogP contribution in [0, 0.1) is 11.3 Å². The lowest BCUT2D eigenvalue weighted by Gasteiger charge is -2.29. The summed E-state index contributed by atoms with van der Waals surface area (Å²) in [6.45, 7) is 2.80. The molecule has 0 aliphatic carbocycles. The normalized spacial score (nSPS) is 18.9. The summed E-state index contributed by atoms with van der Waals surface area (Å²) in [6.07, 6.45) is 4.01. The second-order valence-electron chi connectivity index (χ2n) is 9.15. The summed E-state index contributed by atoms with van der Waals surface area (Å²) in [6, 6.07) is 5.27. The van der Waals surface area contributed by atoms with Crippen molar-refractivity contribution in [3.8, 4) is 6.07 Å². The monoisotopic (exact) mass is 505 g/mol. The van der Waals surface area contributed by atoms with Gasteiger partial charge in [-0.15, -0.1) is 0 Å². The Morgan fingerprint density at radius 2 is 2.22 bits per heavy atom. The van der Waals surface area contributed by atoms with Crippen molar-refractivity contribution in [2.45, 2.75) is 31.9 Å². The number of aldehydes is 1. The van der Waals surface area contributed by atoms with Gasteiger partial charge in [-0.3, -0.25) is 15.0 Å². The van der Waals surface area contributed by atoms with E-state index in [2.05, 4.69) is 26.3 Å². The smallest absolute Gasteiger partial charge is 0.410 e. The third kappa shape index (κ3) is 4.90. The maximum Gasteiger partial charge on any atom is 0.410 e. The number of ether oxygens (including phenoxy) is 2. The lowest BCUT2D eigenvalue weighted by molar-refractivity contribution is 0.111. The van der Waals surface area contributed by atoms with Crippen molar-refractivity contribution in [2.24, 2.45) is 0 Å². The van der Waals surface area contributed by atoms with E-state index in [9.17, 15) is 19.6 Å². The number of amides is 3. The van der Waals surface area contributed by atoms with Crippen LogP contribution < -0.4 is 15.1 Å². The first-order chi connectivity index (χ1) is 18.0. The second kappa shape index (κ2) is 10.4. The molecule has 192 valence electrons. The summed E-state index contributed by atoms with van der Waals surface area (Å²) < 4.78 is 10.4. The minimum atomic E-state index is -0.430. The van der Waals surface area contributed by atoms with Crippen molar-refractivity contribution in [1.82, 2.24) is 14.9 Å². The summed E-state index contributed by atoms with van der Waals surface area (Å²) in [5, 5.41) is 12.4. The highest BCUT2D eigenvalue weighted by Gasteiger charge is 2.29. The van der Waals surface area contributed by atoms with Crippen LogP contribution in [-0.2, 0) is 22.4 Å². The average molecular weight is 506 g/mol. The Kier molecular flexibility index (Phi) is 6.87. The van der Waals surface area contributed by atoms with E-state index in [1.54, 1.807) is 13.2 Å². The number of nitriles is 1. The predicted molar refractivity (Wildman–Crippen MR) is 133 cm³/mol. The molecule has 5 heterocycles. The Labute approximate surface area is 213 Å². The summed E-state index contributed by atoms with van der Waals surface area (Å²) in [5.41, 5.74) is 2.74. The van der Waals surface area contributed by atoms with E-state index in [-0.39, 0.29) is 18.3 Å². The van der Waals surface area contributed by atoms with Crippen LogP contribution in [0.3, 0.4) is 0 Å². The maximum atomic E-state index is 13.3. The molecule has 3 amide bonds. The highest BCUT2D eigenvalue weighted by atomic mass is 16.6. The third-order valence-electron chi connectivity index (χ3n) is 6.89. The number of carbonyl (C=O) groups is 3. The van der Waals surface area contributed by atoms with Gasteiger partial charge in [0, 0.05) is 44.6 Å². The van der Waals surface area contributed by atoms with Crippen LogP contribution >= 0.6 is 0 Å². The number of urea groups is 1. The van der Waals surface area contributed by atoms with Crippen LogP contribution in [0.2, 0.25) is 0 Å². The van der Waals surface area contributed by atoms with Crippen LogP contribution in [0.15, 0.2) is 18.3 Å². The minimum absolute atomic E-state index is 0.0849. The molecule has 5 rings (SSSR count). The molecule has 1 unspecified atom stereocenters. The number of hydrogen-bond acceptors (Lipinski definition) is 9. The second-order valence-corrected chi connectivity index (χ2v) is 9.15. The van der Waals surface area contributed by atoms with Gasteiger partial charge in [0.25, 0.3) is 0 Å². The largest absolute Gasteiger partial charge is 0.448 e. The molecule has 0 spiro atoms. The number of carbonyl (C=O) groups excluding carboxylic acids is 3. The molecule has 12 nitrogen and oxygen atoms in total. The average Bonchev–Trinajstić information content (AvgIpc) is 3.56. The molecule has 0 bridgehead atoms. The number of aromatic nitrogens is 2. The fourth-order valence-corrected chi connectivity index (χ4v) is 4.94. The first-order valence-corrected chi connectivity index (χ1v) is 12.2. The molecular formula is C25H27N7O5. The van der Waals surface area contributed by atoms with Crippen molar-refractivity contribution in [2.75, 3.05) is 55.0 Å². The number of pyridine rings is 2. The Balaban J connectivity index is 1.37. The van der Waals surface area contributed by atoms with E-state index in [0.717, 1.165) is 18.5 Å². The molecule has 1 N–H and O–H groups in total. The minimum Gasteiger partial charge on any atom is -0.448 e. The van der Waals surface area contributed by atoms with Crippen molar-refractivity contribution >= 4 is 35.7 Å². The number of cyclic esters (lactones) is 1. The van der Waals surface area contributed by atoms with Gasteiger partial charge in [-0.2, -0.15) is 5.26 Å². The van der Waals surface area contributed by atoms with Gasteiger partial charge < -0.3 is 19.3 Å². The van der Waals surface area contributed by atoms with Gasteiger partial charge in [0.2, 0.25) is 0 Å². The van der Waals surface area contributed by atoms with E-state index < -0.39 is 12.1 Å². The molecule has 0 saturated carbocycles. The molecule has 3 aliphatic heterocycles. The summed E-state index contributed by atoms with van der Waals surface area (Å²) >= 11 is 0. The Morgan fingerprint density at radius 3 is 2.92 bits per heavy atom. The van der Waals surface area contributed by atoms with Crippen LogP contribution in [0.25, 0.3) is 0 Å². The lowest BCUT2D eigenvalue weighted by atomic mass is 10.0. The molecule has 2 aromatic heterocycles. The number of nitrogens with zero attached hydrogens (tertiary/aromatic N) is 6. The zero-order chi connectivity index (χ0) is 25.9. The van der Waals surface area contributed by atoms with E-state index in [0.29, 0.717) is 73.8 Å². The molecule has 0 radical (unpaired) electrons. The van der Waals surface area contributed by atoms with Gasteiger partial charge >= 0.3 is 12.1 Å². The van der Waals surface area contributed by atoms with E-state index in [1.807, 2.05) is 6.07 Å². The van der Waals surface area contributed by atoms with Gasteiger partial charge in [-0.1, -0.05) is 0 Å². The van der Waals surface area contributed by atoms with Crippen LogP contribution in [0.5, 0.6) is 0 Å². The highest BCUT2D eigenvalue weighted by Crippen LogP contribution is 2.30. The van der Waals surface area contributed by atoms with Gasteiger partial charge in [0.05, 0.1) is 30.4 Å². The zero-order valence-electron chi connectivity index (χ0n) is 20.5. The Morgan fingerprint density at radius 1 is 1.35 bits per heavy atom. The number of nitrogens with one attached hydrogen (secondary N) is 1. The van der Waals surface area contributed by atoms with E-state index in [4.69, 9.17) is 9.47 Å². The molecular weight excluding hydrogens is 478 g/mol. The Bertz CT molecular complexity index is 1280. The fraction of sp³-hybridized carbons (Fsp3) is 0.440. The number of anilines is 3. The SMILES string of the molecule is COC1CCN(c2cc(NC(=O)N3CCCc4cc(CN5CCOC5=O)c(C=O)nc43)ncc2C#N)C1. The fourth-order valence-electron chi connectivity index (χ4n) is 4.94. The molecule has 1 atom stereocenters.